The van der Waals surface area contributed by atoms with Crippen LogP contribution in [0.1, 0.15) is 29.8 Å². The van der Waals surface area contributed by atoms with Crippen LogP contribution in [-0.2, 0) is 11.8 Å². The summed E-state index contributed by atoms with van der Waals surface area (Å²) in [5.74, 6) is -0.0407. The molecule has 0 aliphatic carbocycles. The van der Waals surface area contributed by atoms with Crippen molar-refractivity contribution < 1.29 is 14.3 Å². The summed E-state index contributed by atoms with van der Waals surface area (Å²) in [6, 6.07) is 1.83. The van der Waals surface area contributed by atoms with Crippen LogP contribution in [0.5, 0.6) is 0 Å². The fourth-order valence-electron chi connectivity index (χ4n) is 3.33. The maximum absolute atomic E-state index is 12.7. The van der Waals surface area contributed by atoms with Crippen molar-refractivity contribution in [3.63, 3.8) is 0 Å². The van der Waals surface area contributed by atoms with E-state index in [1.54, 1.807) is 26.6 Å². The number of hydrogen-bond acceptors (Lipinski definition) is 3. The molecule has 1 aromatic heterocycles. The first-order chi connectivity index (χ1) is 12.0. The largest absolute Gasteiger partial charge is 0.381 e. The minimum Gasteiger partial charge on any atom is -0.381 e. The van der Waals surface area contributed by atoms with Crippen molar-refractivity contribution in [2.24, 2.45) is 7.05 Å². The van der Waals surface area contributed by atoms with E-state index in [4.69, 9.17) is 16.3 Å². The molecule has 0 atom stereocenters. The third-order valence-electron chi connectivity index (χ3n) is 4.81. The first-order valence-corrected chi connectivity index (χ1v) is 9.16. The molecule has 2 fully saturated rings. The van der Waals surface area contributed by atoms with Crippen molar-refractivity contribution in [1.29, 1.82) is 0 Å². The van der Waals surface area contributed by atoms with E-state index in [1.807, 2.05) is 7.05 Å². The first-order valence-electron chi connectivity index (χ1n) is 8.79. The molecular weight excluding hydrogens is 344 g/mol. The van der Waals surface area contributed by atoms with Gasteiger partial charge in [-0.2, -0.15) is 0 Å². The molecule has 8 heteroatoms. The van der Waals surface area contributed by atoms with Gasteiger partial charge in [-0.25, -0.2) is 4.79 Å². The van der Waals surface area contributed by atoms with Crippen LogP contribution in [0, 0.1) is 0 Å². The molecule has 3 amide bonds. The standard InChI is InChI=1S/C17H25ClN4O3/c1-20-12-13(18)11-15(20)16(23)21-5-2-6-22(8-7-21)17(24)19-14-3-9-25-10-4-14/h11-12,14H,2-10H2,1H3,(H,19,24). The second kappa shape index (κ2) is 8.10. The fraction of sp³-hybridized carbons (Fsp3) is 0.647. The molecule has 0 saturated carbocycles. The van der Waals surface area contributed by atoms with E-state index < -0.39 is 0 Å². The van der Waals surface area contributed by atoms with Crippen LogP contribution in [0.3, 0.4) is 0 Å². The van der Waals surface area contributed by atoms with Crippen LogP contribution in [0.25, 0.3) is 0 Å². The normalized spacial score (nSPS) is 19.6. The molecule has 138 valence electrons. The van der Waals surface area contributed by atoms with Gasteiger partial charge in [0.2, 0.25) is 0 Å². The van der Waals surface area contributed by atoms with Gasteiger partial charge in [0.25, 0.3) is 5.91 Å². The van der Waals surface area contributed by atoms with Gasteiger partial charge in [0.05, 0.1) is 5.02 Å². The highest BCUT2D eigenvalue weighted by Gasteiger charge is 2.25. The molecule has 0 aromatic carbocycles. The van der Waals surface area contributed by atoms with Gasteiger partial charge in [0.1, 0.15) is 5.69 Å². The smallest absolute Gasteiger partial charge is 0.317 e. The predicted octanol–water partition coefficient (Wildman–Crippen LogP) is 1.71. The number of aromatic nitrogens is 1. The zero-order valence-electron chi connectivity index (χ0n) is 14.5. The second-order valence-electron chi connectivity index (χ2n) is 6.62. The summed E-state index contributed by atoms with van der Waals surface area (Å²) in [6.45, 7) is 3.77. The quantitative estimate of drug-likeness (QED) is 0.864. The Morgan fingerprint density at radius 2 is 1.84 bits per heavy atom. The highest BCUT2D eigenvalue weighted by Crippen LogP contribution is 2.16. The highest BCUT2D eigenvalue weighted by molar-refractivity contribution is 6.31. The average molecular weight is 369 g/mol. The van der Waals surface area contributed by atoms with Gasteiger partial charge < -0.3 is 24.4 Å². The molecule has 0 bridgehead atoms. The Morgan fingerprint density at radius 3 is 2.52 bits per heavy atom. The second-order valence-corrected chi connectivity index (χ2v) is 7.06. The molecule has 3 rings (SSSR count). The highest BCUT2D eigenvalue weighted by atomic mass is 35.5. The van der Waals surface area contributed by atoms with Crippen molar-refractivity contribution in [1.82, 2.24) is 19.7 Å². The first kappa shape index (κ1) is 18.1. The van der Waals surface area contributed by atoms with Crippen LogP contribution in [0.4, 0.5) is 4.79 Å². The van der Waals surface area contributed by atoms with Crippen LogP contribution >= 0.6 is 11.6 Å². The number of aryl methyl sites for hydroxylation is 1. The molecule has 2 saturated heterocycles. The maximum Gasteiger partial charge on any atom is 0.317 e. The van der Waals surface area contributed by atoms with Gasteiger partial charge in [-0.1, -0.05) is 11.6 Å². The number of rotatable bonds is 2. The van der Waals surface area contributed by atoms with Crippen LogP contribution < -0.4 is 5.32 Å². The molecule has 7 nitrogen and oxygen atoms in total. The number of carbonyl (C=O) groups excluding carboxylic acids is 2. The van der Waals surface area contributed by atoms with E-state index in [2.05, 4.69) is 5.32 Å². The summed E-state index contributed by atoms with van der Waals surface area (Å²) in [7, 11) is 1.81. The molecule has 2 aliphatic rings. The van der Waals surface area contributed by atoms with E-state index >= 15 is 0 Å². The summed E-state index contributed by atoms with van der Waals surface area (Å²) in [6.07, 6.45) is 4.21. The average Bonchev–Trinajstić information content (AvgIpc) is 2.80. The van der Waals surface area contributed by atoms with E-state index in [-0.39, 0.29) is 18.0 Å². The van der Waals surface area contributed by atoms with Crippen molar-refractivity contribution in [3.8, 4) is 0 Å². The molecule has 0 radical (unpaired) electrons. The lowest BCUT2D eigenvalue weighted by Gasteiger charge is -2.27. The summed E-state index contributed by atoms with van der Waals surface area (Å²) in [4.78, 5) is 28.8. The SMILES string of the molecule is Cn1cc(Cl)cc1C(=O)N1CCCN(C(=O)NC2CCOCC2)CC1. The lowest BCUT2D eigenvalue weighted by Crippen LogP contribution is -2.48. The molecule has 3 heterocycles. The van der Waals surface area contributed by atoms with E-state index in [1.165, 1.54) is 0 Å². The third-order valence-corrected chi connectivity index (χ3v) is 5.02. The van der Waals surface area contributed by atoms with E-state index in [0.717, 1.165) is 19.3 Å². The summed E-state index contributed by atoms with van der Waals surface area (Å²) in [5, 5.41) is 3.64. The maximum atomic E-state index is 12.7. The molecule has 25 heavy (non-hydrogen) atoms. The zero-order chi connectivity index (χ0) is 17.8. The van der Waals surface area contributed by atoms with Crippen LogP contribution in [-0.4, -0.2) is 71.7 Å². The number of amides is 3. The molecule has 1 aromatic rings. The number of carbonyl (C=O) groups is 2. The van der Waals surface area contributed by atoms with Gasteiger partial charge in [-0.05, 0) is 25.3 Å². The number of urea groups is 1. The Labute approximate surface area is 152 Å². The lowest BCUT2D eigenvalue weighted by molar-refractivity contribution is 0.0744. The van der Waals surface area contributed by atoms with Crippen LogP contribution in [0.2, 0.25) is 5.02 Å². The Morgan fingerprint density at radius 1 is 1.16 bits per heavy atom. The zero-order valence-corrected chi connectivity index (χ0v) is 15.3. The summed E-state index contributed by atoms with van der Waals surface area (Å²) in [5.41, 5.74) is 0.574. The van der Waals surface area contributed by atoms with Crippen molar-refractivity contribution in [3.05, 3.63) is 23.0 Å². The monoisotopic (exact) mass is 368 g/mol. The van der Waals surface area contributed by atoms with Crippen molar-refractivity contribution in [2.75, 3.05) is 39.4 Å². The number of ether oxygens (including phenoxy) is 1. The van der Waals surface area contributed by atoms with E-state index in [0.29, 0.717) is 50.1 Å². The van der Waals surface area contributed by atoms with Crippen molar-refractivity contribution >= 4 is 23.5 Å². The van der Waals surface area contributed by atoms with E-state index in [9.17, 15) is 9.59 Å². The predicted molar refractivity (Wildman–Crippen MR) is 94.9 cm³/mol. The fourth-order valence-corrected chi connectivity index (χ4v) is 3.58. The topological polar surface area (TPSA) is 66.8 Å². The Hall–Kier alpha value is -1.73. The lowest BCUT2D eigenvalue weighted by atomic mass is 10.1. The molecular formula is C17H25ClN4O3. The van der Waals surface area contributed by atoms with Gasteiger partial charge >= 0.3 is 6.03 Å². The van der Waals surface area contributed by atoms with Crippen LogP contribution in [0.15, 0.2) is 12.3 Å². The van der Waals surface area contributed by atoms with Gasteiger partial charge in [-0.3, -0.25) is 4.79 Å². The molecule has 0 spiro atoms. The minimum atomic E-state index is -0.0407. The van der Waals surface area contributed by atoms with Gasteiger partial charge in [0, 0.05) is 58.7 Å². The van der Waals surface area contributed by atoms with Crippen molar-refractivity contribution in [2.45, 2.75) is 25.3 Å². The number of nitrogens with one attached hydrogen (secondary N) is 1. The summed E-state index contributed by atoms with van der Waals surface area (Å²) >= 11 is 5.98. The minimum absolute atomic E-state index is 0.0388. The Balaban J connectivity index is 1.55. The molecule has 0 unspecified atom stereocenters. The van der Waals surface area contributed by atoms with Gasteiger partial charge in [-0.15, -0.1) is 0 Å². The number of nitrogens with zero attached hydrogens (tertiary/aromatic N) is 3. The Kier molecular flexibility index (Phi) is 5.86. The molecule has 1 N–H and O–H groups in total. The molecule has 2 aliphatic heterocycles. The summed E-state index contributed by atoms with van der Waals surface area (Å²) < 4.78 is 7.06. The number of halogens is 1. The third kappa shape index (κ3) is 4.46. The van der Waals surface area contributed by atoms with Gasteiger partial charge in [0.15, 0.2) is 0 Å². The Bertz CT molecular complexity index is 627. The number of hydrogen-bond donors (Lipinski definition) is 1.